The topological polar surface area (TPSA) is 58.8 Å². The maximum absolute atomic E-state index is 9.00. The summed E-state index contributed by atoms with van der Waals surface area (Å²) in [5.41, 5.74) is 0.766. The second-order valence-corrected chi connectivity index (χ2v) is 4.32. The Morgan fingerprint density at radius 3 is 2.67 bits per heavy atom. The summed E-state index contributed by atoms with van der Waals surface area (Å²) in [6.07, 6.45) is 5.06. The predicted molar refractivity (Wildman–Crippen MR) is 66.8 cm³/mol. The number of hydrogen-bond acceptors (Lipinski definition) is 4. The molecule has 2 aromatic rings. The number of nitrogens with zero attached hydrogens (tertiary/aromatic N) is 3. The zero-order chi connectivity index (χ0) is 13.0. The number of nitriles is 1. The molecule has 0 aromatic carbocycles. The molecule has 0 N–H and O–H groups in total. The van der Waals surface area contributed by atoms with Crippen LogP contribution < -0.4 is 4.74 Å². The summed E-state index contributed by atoms with van der Waals surface area (Å²) in [6, 6.07) is 9.24. The number of hydrogen-bond donors (Lipinski definition) is 0. The summed E-state index contributed by atoms with van der Waals surface area (Å²) in [5, 5.41) is 9.00. The van der Waals surface area contributed by atoms with Gasteiger partial charge in [-0.2, -0.15) is 5.26 Å². The van der Waals surface area contributed by atoms with Crippen LogP contribution in [0.3, 0.4) is 0 Å². The lowest BCUT2D eigenvalue weighted by molar-refractivity contribution is 0.101. The first kappa shape index (κ1) is 12.1. The molecule has 0 aliphatic carbocycles. The zero-order valence-corrected chi connectivity index (χ0v) is 10.3. The van der Waals surface area contributed by atoms with Crippen LogP contribution in [0.1, 0.15) is 25.0 Å². The van der Waals surface area contributed by atoms with E-state index in [1.807, 2.05) is 26.0 Å². The standard InChI is InChI=1S/C14H13N3O/c1-14(2,12-6-4-7-16-10-12)18-13-11(9-15)5-3-8-17-13/h3-8,10H,1-2H3. The Bertz CT molecular complexity index is 573. The highest BCUT2D eigenvalue weighted by atomic mass is 16.5. The minimum absolute atomic E-state index is 0.342. The average molecular weight is 239 g/mol. The largest absolute Gasteiger partial charge is 0.466 e. The molecule has 0 atom stereocenters. The summed E-state index contributed by atoms with van der Waals surface area (Å²) < 4.78 is 5.84. The van der Waals surface area contributed by atoms with E-state index in [0.29, 0.717) is 11.4 Å². The van der Waals surface area contributed by atoms with Gasteiger partial charge in [-0.05, 0) is 32.0 Å². The van der Waals surface area contributed by atoms with Crippen LogP contribution in [0, 0.1) is 11.3 Å². The smallest absolute Gasteiger partial charge is 0.232 e. The zero-order valence-electron chi connectivity index (χ0n) is 10.3. The highest BCUT2D eigenvalue weighted by Crippen LogP contribution is 2.27. The molecule has 0 bridgehead atoms. The molecule has 4 nitrogen and oxygen atoms in total. The Balaban J connectivity index is 2.31. The van der Waals surface area contributed by atoms with Crippen LogP contribution in [0.2, 0.25) is 0 Å². The van der Waals surface area contributed by atoms with Crippen molar-refractivity contribution in [2.45, 2.75) is 19.4 Å². The fraction of sp³-hybridized carbons (Fsp3) is 0.214. The van der Waals surface area contributed by atoms with E-state index in [-0.39, 0.29) is 0 Å². The van der Waals surface area contributed by atoms with Gasteiger partial charge in [-0.3, -0.25) is 4.98 Å². The van der Waals surface area contributed by atoms with Gasteiger partial charge < -0.3 is 4.74 Å². The minimum Gasteiger partial charge on any atom is -0.466 e. The lowest BCUT2D eigenvalue weighted by atomic mass is 10.0. The van der Waals surface area contributed by atoms with Crippen molar-refractivity contribution in [1.29, 1.82) is 5.26 Å². The van der Waals surface area contributed by atoms with Crippen LogP contribution >= 0.6 is 0 Å². The van der Waals surface area contributed by atoms with E-state index in [0.717, 1.165) is 5.56 Å². The van der Waals surface area contributed by atoms with E-state index in [1.165, 1.54) is 0 Å². The summed E-state index contributed by atoms with van der Waals surface area (Å²) >= 11 is 0. The summed E-state index contributed by atoms with van der Waals surface area (Å²) in [4.78, 5) is 8.16. The lowest BCUT2D eigenvalue weighted by Crippen LogP contribution is -2.26. The second kappa shape index (κ2) is 4.84. The van der Waals surface area contributed by atoms with Crippen LogP contribution in [-0.2, 0) is 5.60 Å². The molecule has 4 heteroatoms. The van der Waals surface area contributed by atoms with Crippen LogP contribution in [0.25, 0.3) is 0 Å². The normalized spacial score (nSPS) is 10.7. The molecule has 0 unspecified atom stereocenters. The maximum Gasteiger partial charge on any atom is 0.232 e. The Morgan fingerprint density at radius 1 is 1.22 bits per heavy atom. The van der Waals surface area contributed by atoms with Crippen LogP contribution in [0.15, 0.2) is 42.9 Å². The third-order valence-corrected chi connectivity index (χ3v) is 2.60. The first-order chi connectivity index (χ1) is 8.63. The van der Waals surface area contributed by atoms with E-state index < -0.39 is 5.60 Å². The highest BCUT2D eigenvalue weighted by molar-refractivity contribution is 5.37. The van der Waals surface area contributed by atoms with Crippen molar-refractivity contribution in [1.82, 2.24) is 9.97 Å². The molecule has 2 heterocycles. The van der Waals surface area contributed by atoms with E-state index in [2.05, 4.69) is 16.0 Å². The minimum atomic E-state index is -0.589. The summed E-state index contributed by atoms with van der Waals surface area (Å²) in [6.45, 7) is 3.83. The number of rotatable bonds is 3. The van der Waals surface area contributed by atoms with Crippen LogP contribution in [0.5, 0.6) is 5.88 Å². The molecular formula is C14H13N3O. The molecular weight excluding hydrogens is 226 g/mol. The first-order valence-corrected chi connectivity index (χ1v) is 5.58. The third kappa shape index (κ3) is 2.46. The number of aromatic nitrogens is 2. The molecule has 18 heavy (non-hydrogen) atoms. The van der Waals surface area contributed by atoms with Crippen molar-refractivity contribution < 1.29 is 4.74 Å². The van der Waals surface area contributed by atoms with E-state index in [1.54, 1.807) is 30.7 Å². The van der Waals surface area contributed by atoms with Gasteiger partial charge in [0.25, 0.3) is 0 Å². The van der Waals surface area contributed by atoms with Crippen molar-refractivity contribution >= 4 is 0 Å². The summed E-state index contributed by atoms with van der Waals surface area (Å²) in [7, 11) is 0. The molecule has 0 amide bonds. The predicted octanol–water partition coefficient (Wildman–Crippen LogP) is 2.66. The fourth-order valence-corrected chi connectivity index (χ4v) is 1.58. The van der Waals surface area contributed by atoms with Gasteiger partial charge in [0.2, 0.25) is 5.88 Å². The van der Waals surface area contributed by atoms with E-state index in [4.69, 9.17) is 10.00 Å². The van der Waals surface area contributed by atoms with Gasteiger partial charge in [-0.1, -0.05) is 6.07 Å². The van der Waals surface area contributed by atoms with Gasteiger partial charge in [0, 0.05) is 24.2 Å². The SMILES string of the molecule is CC(C)(Oc1ncccc1C#N)c1cccnc1. The molecule has 0 radical (unpaired) electrons. The van der Waals surface area contributed by atoms with Crippen molar-refractivity contribution in [3.05, 3.63) is 54.0 Å². The van der Waals surface area contributed by atoms with Gasteiger partial charge in [-0.25, -0.2) is 4.98 Å². The molecule has 0 saturated heterocycles. The molecule has 0 aliphatic rings. The maximum atomic E-state index is 9.00. The van der Waals surface area contributed by atoms with Crippen molar-refractivity contribution in [3.8, 4) is 11.9 Å². The number of pyridine rings is 2. The molecule has 90 valence electrons. The van der Waals surface area contributed by atoms with Gasteiger partial charge in [0.1, 0.15) is 17.2 Å². The quantitative estimate of drug-likeness (QED) is 0.826. The Labute approximate surface area is 106 Å². The Hall–Kier alpha value is -2.41. The molecule has 0 saturated carbocycles. The third-order valence-electron chi connectivity index (χ3n) is 2.60. The lowest BCUT2D eigenvalue weighted by Gasteiger charge is -2.26. The monoisotopic (exact) mass is 239 g/mol. The number of ether oxygens (including phenoxy) is 1. The highest BCUT2D eigenvalue weighted by Gasteiger charge is 2.24. The molecule has 0 fully saturated rings. The fourth-order valence-electron chi connectivity index (χ4n) is 1.58. The van der Waals surface area contributed by atoms with Gasteiger partial charge in [0.05, 0.1) is 0 Å². The Kier molecular flexibility index (Phi) is 3.24. The first-order valence-electron chi connectivity index (χ1n) is 5.58. The van der Waals surface area contributed by atoms with Gasteiger partial charge in [-0.15, -0.1) is 0 Å². The van der Waals surface area contributed by atoms with Crippen LogP contribution in [0.4, 0.5) is 0 Å². The molecule has 2 rings (SSSR count). The molecule has 0 aliphatic heterocycles. The average Bonchev–Trinajstić information content (AvgIpc) is 2.40. The van der Waals surface area contributed by atoms with Crippen molar-refractivity contribution in [2.75, 3.05) is 0 Å². The molecule has 0 spiro atoms. The van der Waals surface area contributed by atoms with Gasteiger partial charge in [0.15, 0.2) is 0 Å². The van der Waals surface area contributed by atoms with E-state index in [9.17, 15) is 0 Å². The van der Waals surface area contributed by atoms with E-state index >= 15 is 0 Å². The molecule has 2 aromatic heterocycles. The van der Waals surface area contributed by atoms with Crippen molar-refractivity contribution in [2.24, 2.45) is 0 Å². The summed E-state index contributed by atoms with van der Waals surface area (Å²) in [5.74, 6) is 0.342. The van der Waals surface area contributed by atoms with Crippen molar-refractivity contribution in [3.63, 3.8) is 0 Å². The Morgan fingerprint density at radius 2 is 2.00 bits per heavy atom. The second-order valence-electron chi connectivity index (χ2n) is 4.32. The van der Waals surface area contributed by atoms with Crippen LogP contribution in [-0.4, -0.2) is 9.97 Å². The van der Waals surface area contributed by atoms with Gasteiger partial charge >= 0.3 is 0 Å².